The molecule has 0 atom stereocenters. The summed E-state index contributed by atoms with van der Waals surface area (Å²) in [5, 5.41) is 10.5. The van der Waals surface area contributed by atoms with Gasteiger partial charge < -0.3 is 0 Å². The molecule has 0 saturated carbocycles. The maximum absolute atomic E-state index is 5.59. The highest BCUT2D eigenvalue weighted by Crippen LogP contribution is 2.46. The molecule has 2 aromatic heterocycles. The summed E-state index contributed by atoms with van der Waals surface area (Å²) in [6.07, 6.45) is 0. The van der Waals surface area contributed by atoms with Crippen LogP contribution in [0.2, 0.25) is 0 Å². The van der Waals surface area contributed by atoms with Crippen LogP contribution in [0.3, 0.4) is 0 Å². The van der Waals surface area contributed by atoms with Gasteiger partial charge in [0.05, 0.1) is 22.2 Å². The Labute approximate surface area is 306 Å². The van der Waals surface area contributed by atoms with E-state index in [9.17, 15) is 0 Å². The van der Waals surface area contributed by atoms with Gasteiger partial charge in [-0.2, -0.15) is 0 Å². The van der Waals surface area contributed by atoms with Gasteiger partial charge in [-0.25, -0.2) is 9.97 Å². The van der Waals surface area contributed by atoms with Crippen molar-refractivity contribution in [2.24, 2.45) is 0 Å². The summed E-state index contributed by atoms with van der Waals surface area (Å²) >= 11 is 0. The lowest BCUT2D eigenvalue weighted by Crippen LogP contribution is -2.04. The second kappa shape index (κ2) is 11.7. The Morgan fingerprint density at radius 1 is 0.358 bits per heavy atom. The fraction of sp³-hybridized carbons (Fsp3) is 0. The first-order chi connectivity index (χ1) is 26.3. The molecule has 0 unspecified atom stereocenters. The molecule has 0 bridgehead atoms. The van der Waals surface area contributed by atoms with Crippen LogP contribution in [0.5, 0.6) is 0 Å². The molecule has 2 heterocycles. The molecule has 0 spiro atoms. The monoisotopic (exact) mass is 673 g/mol. The molecule has 0 radical (unpaired) electrons. The summed E-state index contributed by atoms with van der Waals surface area (Å²) in [7, 11) is 0. The maximum Gasteiger partial charge on any atom is 0.235 e. The van der Waals surface area contributed by atoms with Crippen molar-refractivity contribution < 1.29 is 0 Å². The normalized spacial score (nSPS) is 11.8. The Hall–Kier alpha value is -7.10. The van der Waals surface area contributed by atoms with E-state index in [1.54, 1.807) is 0 Å². The molecule has 0 saturated heterocycles. The molecule has 0 fully saturated rings. The van der Waals surface area contributed by atoms with Crippen LogP contribution in [0.4, 0.5) is 0 Å². The van der Waals surface area contributed by atoms with Gasteiger partial charge in [0.1, 0.15) is 0 Å². The molecular weight excluding hydrogens is 643 g/mol. The third-order valence-electron chi connectivity index (χ3n) is 10.8. The average Bonchev–Trinajstić information content (AvgIpc) is 3.58. The number of rotatable bonds is 4. The molecule has 0 aliphatic carbocycles. The highest BCUT2D eigenvalue weighted by molar-refractivity contribution is 6.29. The van der Waals surface area contributed by atoms with E-state index in [1.165, 1.54) is 54.6 Å². The Morgan fingerprint density at radius 3 is 1.57 bits per heavy atom. The van der Waals surface area contributed by atoms with Crippen LogP contribution in [-0.2, 0) is 0 Å². The molecule has 9 aromatic carbocycles. The van der Waals surface area contributed by atoms with Gasteiger partial charge in [0, 0.05) is 27.1 Å². The van der Waals surface area contributed by atoms with E-state index in [1.807, 2.05) is 0 Å². The lowest BCUT2D eigenvalue weighted by atomic mass is 9.92. The largest absolute Gasteiger partial charge is 0.277 e. The number of fused-ring (bicyclic) bond motifs is 10. The van der Waals surface area contributed by atoms with Crippen molar-refractivity contribution in [3.8, 4) is 39.5 Å². The molecule has 0 aliphatic heterocycles. The minimum Gasteiger partial charge on any atom is -0.277 e. The molecule has 0 aliphatic rings. The first-order valence-corrected chi connectivity index (χ1v) is 18.1. The van der Waals surface area contributed by atoms with Gasteiger partial charge in [-0.3, -0.25) is 4.57 Å². The smallest absolute Gasteiger partial charge is 0.235 e. The van der Waals surface area contributed by atoms with E-state index >= 15 is 0 Å². The summed E-state index contributed by atoms with van der Waals surface area (Å²) in [5.74, 6) is 0.651. The van der Waals surface area contributed by atoms with Crippen LogP contribution < -0.4 is 0 Å². The van der Waals surface area contributed by atoms with E-state index in [-0.39, 0.29) is 0 Å². The number of nitrogens with zero attached hydrogens (tertiary/aromatic N) is 3. The number of benzene rings is 9. The number of aromatic nitrogens is 3. The number of hydrogen-bond acceptors (Lipinski definition) is 2. The Kier molecular flexibility index (Phi) is 6.55. The van der Waals surface area contributed by atoms with Crippen molar-refractivity contribution in [2.45, 2.75) is 0 Å². The summed E-state index contributed by atoms with van der Waals surface area (Å²) in [4.78, 5) is 11.1. The molecule has 11 aromatic rings. The zero-order chi connectivity index (χ0) is 34.9. The van der Waals surface area contributed by atoms with Gasteiger partial charge >= 0.3 is 0 Å². The van der Waals surface area contributed by atoms with Crippen molar-refractivity contribution in [1.29, 1.82) is 0 Å². The summed E-state index contributed by atoms with van der Waals surface area (Å²) in [5.41, 5.74) is 9.83. The Bertz CT molecular complexity index is 3200. The van der Waals surface area contributed by atoms with Crippen LogP contribution in [0.25, 0.3) is 104 Å². The van der Waals surface area contributed by atoms with E-state index in [0.717, 1.165) is 44.0 Å². The van der Waals surface area contributed by atoms with Gasteiger partial charge in [0.2, 0.25) is 5.95 Å². The van der Waals surface area contributed by atoms with Crippen LogP contribution in [0, 0.1) is 0 Å². The molecule has 3 heteroatoms. The minimum atomic E-state index is 0.651. The van der Waals surface area contributed by atoms with Crippen molar-refractivity contribution in [3.63, 3.8) is 0 Å². The van der Waals surface area contributed by atoms with Crippen molar-refractivity contribution in [2.75, 3.05) is 0 Å². The van der Waals surface area contributed by atoms with Gasteiger partial charge in [-0.05, 0) is 67.4 Å². The van der Waals surface area contributed by atoms with Crippen molar-refractivity contribution in [1.82, 2.24) is 14.5 Å². The second-order valence-corrected chi connectivity index (χ2v) is 13.7. The van der Waals surface area contributed by atoms with Crippen LogP contribution >= 0.6 is 0 Å². The number of hydrogen-bond donors (Lipinski definition) is 0. The zero-order valence-electron chi connectivity index (χ0n) is 28.7. The minimum absolute atomic E-state index is 0.651. The topological polar surface area (TPSA) is 30.7 Å². The first-order valence-electron chi connectivity index (χ1n) is 18.1. The van der Waals surface area contributed by atoms with Crippen molar-refractivity contribution >= 4 is 65.0 Å². The van der Waals surface area contributed by atoms with Crippen LogP contribution in [0.1, 0.15) is 0 Å². The molecular formula is C50H31N3. The van der Waals surface area contributed by atoms with E-state index in [0.29, 0.717) is 5.95 Å². The highest BCUT2D eigenvalue weighted by Gasteiger charge is 2.24. The van der Waals surface area contributed by atoms with Crippen LogP contribution in [0.15, 0.2) is 188 Å². The summed E-state index contributed by atoms with van der Waals surface area (Å²) < 4.78 is 2.34. The Balaban J connectivity index is 1.37. The third-order valence-corrected chi connectivity index (χ3v) is 10.8. The lowest BCUT2D eigenvalue weighted by Gasteiger charge is -2.15. The third kappa shape index (κ3) is 4.54. The second-order valence-electron chi connectivity index (χ2n) is 13.7. The highest BCUT2D eigenvalue weighted by atomic mass is 15.2. The molecule has 0 N–H and O–H groups in total. The van der Waals surface area contributed by atoms with Gasteiger partial charge in [0.15, 0.2) is 0 Å². The molecule has 3 nitrogen and oxygen atoms in total. The van der Waals surface area contributed by atoms with Crippen LogP contribution in [-0.4, -0.2) is 14.5 Å². The average molecular weight is 674 g/mol. The van der Waals surface area contributed by atoms with E-state index < -0.39 is 0 Å². The van der Waals surface area contributed by atoms with Gasteiger partial charge in [0.25, 0.3) is 0 Å². The predicted molar refractivity (Wildman–Crippen MR) is 223 cm³/mol. The first kappa shape index (κ1) is 29.6. The lowest BCUT2D eigenvalue weighted by molar-refractivity contribution is 1.02. The molecule has 0 amide bonds. The zero-order valence-corrected chi connectivity index (χ0v) is 28.7. The standard InChI is InChI=1S/C50H31N3/c1-4-16-32(17-5-1)41-30-43-46-39-26-14-12-24-37(39)42(33-18-6-2-7-19-33)31-45(46)53(49(43)40-27-15-13-25-38(40)41)50-51-44-29-28-34-20-10-11-23-36(34)47(44)48(52-50)35-21-8-3-9-22-35/h1-31H. The molecule has 11 rings (SSSR count). The summed E-state index contributed by atoms with van der Waals surface area (Å²) in [6, 6.07) is 67.3. The fourth-order valence-electron chi connectivity index (χ4n) is 8.45. The Morgan fingerprint density at radius 2 is 0.887 bits per heavy atom. The SMILES string of the molecule is c1ccc(-c2cc3c(c4ccccc24)c2cc(-c4ccccc4)c4ccccc4c2n3-c2nc(-c3ccccc3)c3c(ccc4ccccc43)n2)cc1. The summed E-state index contributed by atoms with van der Waals surface area (Å²) in [6.45, 7) is 0. The van der Waals surface area contributed by atoms with E-state index in [2.05, 4.69) is 193 Å². The van der Waals surface area contributed by atoms with Gasteiger partial charge in [-0.15, -0.1) is 0 Å². The maximum atomic E-state index is 5.59. The van der Waals surface area contributed by atoms with Crippen molar-refractivity contribution in [3.05, 3.63) is 188 Å². The quantitative estimate of drug-likeness (QED) is 0.174. The van der Waals surface area contributed by atoms with E-state index in [4.69, 9.17) is 9.97 Å². The van der Waals surface area contributed by atoms with Gasteiger partial charge in [-0.1, -0.05) is 170 Å². The fourth-order valence-corrected chi connectivity index (χ4v) is 8.45. The predicted octanol–water partition coefficient (Wildman–Crippen LogP) is 13.2. The molecule has 53 heavy (non-hydrogen) atoms. The molecule has 246 valence electrons.